The normalized spacial score (nSPS) is 10.4. The Morgan fingerprint density at radius 2 is 1.95 bits per heavy atom. The van der Waals surface area contributed by atoms with Gasteiger partial charge in [-0.2, -0.15) is 0 Å². The number of amides is 1. The van der Waals surface area contributed by atoms with Crippen molar-refractivity contribution in [2.24, 2.45) is 0 Å². The number of aryl methyl sites for hydroxylation is 1. The number of rotatable bonds is 6. The first-order chi connectivity index (χ1) is 9.25. The van der Waals surface area contributed by atoms with Crippen LogP contribution in [0.15, 0.2) is 42.7 Å². The summed E-state index contributed by atoms with van der Waals surface area (Å²) in [6.07, 6.45) is 3.86. The van der Waals surface area contributed by atoms with Crippen LogP contribution in [-0.4, -0.2) is 24.0 Å². The standard InChI is InChI=1S/C15H19N3O/c1-12-2-4-14(5-3-12)15(19)18-9-8-17-11-13-6-7-16-10-13/h2-7,10,16-17H,8-9,11H2,1H3,(H,18,19). The molecule has 0 aliphatic heterocycles. The zero-order chi connectivity index (χ0) is 13.5. The first-order valence-electron chi connectivity index (χ1n) is 6.43. The Bertz CT molecular complexity index is 503. The summed E-state index contributed by atoms with van der Waals surface area (Å²) in [5, 5.41) is 6.16. The minimum atomic E-state index is -0.0246. The number of aromatic nitrogens is 1. The fraction of sp³-hybridized carbons (Fsp3) is 0.267. The topological polar surface area (TPSA) is 56.9 Å². The molecule has 2 rings (SSSR count). The van der Waals surface area contributed by atoms with E-state index >= 15 is 0 Å². The van der Waals surface area contributed by atoms with E-state index in [1.165, 1.54) is 5.56 Å². The van der Waals surface area contributed by atoms with Crippen molar-refractivity contribution in [3.05, 3.63) is 59.4 Å². The molecule has 3 N–H and O–H groups in total. The molecule has 1 heterocycles. The predicted molar refractivity (Wildman–Crippen MR) is 76.0 cm³/mol. The van der Waals surface area contributed by atoms with Crippen LogP contribution >= 0.6 is 0 Å². The maximum atomic E-state index is 11.8. The average molecular weight is 257 g/mol. The number of carbonyl (C=O) groups excluding carboxylic acids is 1. The summed E-state index contributed by atoms with van der Waals surface area (Å²) in [5.41, 5.74) is 3.07. The highest BCUT2D eigenvalue weighted by Crippen LogP contribution is 2.02. The van der Waals surface area contributed by atoms with Crippen LogP contribution in [-0.2, 0) is 6.54 Å². The van der Waals surface area contributed by atoms with Crippen molar-refractivity contribution in [2.75, 3.05) is 13.1 Å². The zero-order valence-corrected chi connectivity index (χ0v) is 11.1. The largest absolute Gasteiger partial charge is 0.367 e. The Morgan fingerprint density at radius 1 is 1.16 bits per heavy atom. The molecule has 4 heteroatoms. The molecular weight excluding hydrogens is 238 g/mol. The molecule has 100 valence electrons. The van der Waals surface area contributed by atoms with Crippen LogP contribution in [0.2, 0.25) is 0 Å². The summed E-state index contributed by atoms with van der Waals surface area (Å²) in [7, 11) is 0. The molecule has 2 aromatic rings. The lowest BCUT2D eigenvalue weighted by Gasteiger charge is -2.06. The van der Waals surface area contributed by atoms with E-state index in [9.17, 15) is 4.79 Å². The summed E-state index contributed by atoms with van der Waals surface area (Å²) < 4.78 is 0. The average Bonchev–Trinajstić information content (AvgIpc) is 2.92. The minimum absolute atomic E-state index is 0.0246. The number of hydrogen-bond acceptors (Lipinski definition) is 2. The number of aromatic amines is 1. The molecule has 0 atom stereocenters. The molecule has 0 unspecified atom stereocenters. The van der Waals surface area contributed by atoms with Crippen molar-refractivity contribution >= 4 is 5.91 Å². The lowest BCUT2D eigenvalue weighted by atomic mass is 10.1. The molecule has 0 spiro atoms. The Hall–Kier alpha value is -2.07. The smallest absolute Gasteiger partial charge is 0.251 e. The van der Waals surface area contributed by atoms with E-state index in [0.29, 0.717) is 12.1 Å². The van der Waals surface area contributed by atoms with Crippen LogP contribution in [0, 0.1) is 6.92 Å². The molecule has 0 fully saturated rings. The fourth-order valence-electron chi connectivity index (χ4n) is 1.77. The molecule has 0 saturated heterocycles. The molecule has 4 nitrogen and oxygen atoms in total. The number of hydrogen-bond donors (Lipinski definition) is 3. The third-order valence-corrected chi connectivity index (χ3v) is 2.89. The fourth-order valence-corrected chi connectivity index (χ4v) is 1.77. The molecule has 0 bridgehead atoms. The summed E-state index contributed by atoms with van der Waals surface area (Å²) in [4.78, 5) is 14.8. The van der Waals surface area contributed by atoms with Gasteiger partial charge in [0.1, 0.15) is 0 Å². The van der Waals surface area contributed by atoms with Crippen molar-refractivity contribution in [1.29, 1.82) is 0 Å². The second kappa shape index (κ2) is 6.75. The van der Waals surface area contributed by atoms with Crippen molar-refractivity contribution in [1.82, 2.24) is 15.6 Å². The van der Waals surface area contributed by atoms with Gasteiger partial charge in [-0.1, -0.05) is 17.7 Å². The lowest BCUT2D eigenvalue weighted by Crippen LogP contribution is -2.31. The van der Waals surface area contributed by atoms with Gasteiger partial charge in [0, 0.05) is 37.6 Å². The number of H-pyrrole nitrogens is 1. The summed E-state index contributed by atoms with van der Waals surface area (Å²) in [5.74, 6) is -0.0246. The Balaban J connectivity index is 1.65. The van der Waals surface area contributed by atoms with Gasteiger partial charge in [0.05, 0.1) is 0 Å². The van der Waals surface area contributed by atoms with Gasteiger partial charge >= 0.3 is 0 Å². The SMILES string of the molecule is Cc1ccc(C(=O)NCCNCc2cc[nH]c2)cc1. The molecule has 0 radical (unpaired) electrons. The Labute approximate surface area is 113 Å². The Kier molecular flexibility index (Phi) is 4.75. The van der Waals surface area contributed by atoms with Crippen molar-refractivity contribution in [2.45, 2.75) is 13.5 Å². The number of nitrogens with one attached hydrogen (secondary N) is 3. The van der Waals surface area contributed by atoms with Crippen molar-refractivity contribution in [3.8, 4) is 0 Å². The third-order valence-electron chi connectivity index (χ3n) is 2.89. The molecule has 0 saturated carbocycles. The lowest BCUT2D eigenvalue weighted by molar-refractivity contribution is 0.0954. The van der Waals surface area contributed by atoms with Gasteiger partial charge in [-0.3, -0.25) is 4.79 Å². The predicted octanol–water partition coefficient (Wildman–Crippen LogP) is 1.84. The maximum Gasteiger partial charge on any atom is 0.251 e. The quantitative estimate of drug-likeness (QED) is 0.692. The van der Waals surface area contributed by atoms with Crippen molar-refractivity contribution in [3.63, 3.8) is 0 Å². The van der Waals surface area contributed by atoms with Gasteiger partial charge in [-0.25, -0.2) is 0 Å². The van der Waals surface area contributed by atoms with Gasteiger partial charge in [0.15, 0.2) is 0 Å². The molecule has 0 aliphatic rings. The van der Waals surface area contributed by atoms with Gasteiger partial charge in [-0.15, -0.1) is 0 Å². The van der Waals surface area contributed by atoms with Gasteiger partial charge in [0.2, 0.25) is 0 Å². The highest BCUT2D eigenvalue weighted by atomic mass is 16.1. The molecule has 1 aromatic carbocycles. The van der Waals surface area contributed by atoms with Gasteiger partial charge in [0.25, 0.3) is 5.91 Å². The van der Waals surface area contributed by atoms with Crippen LogP contribution in [0.1, 0.15) is 21.5 Å². The summed E-state index contributed by atoms with van der Waals surface area (Å²) in [6.45, 7) is 4.19. The van der Waals surface area contributed by atoms with E-state index in [4.69, 9.17) is 0 Å². The highest BCUT2D eigenvalue weighted by molar-refractivity contribution is 5.94. The van der Waals surface area contributed by atoms with Crippen LogP contribution < -0.4 is 10.6 Å². The summed E-state index contributed by atoms with van der Waals surface area (Å²) >= 11 is 0. The first kappa shape index (κ1) is 13.4. The van der Waals surface area contributed by atoms with Crippen LogP contribution in [0.3, 0.4) is 0 Å². The van der Waals surface area contributed by atoms with Gasteiger partial charge < -0.3 is 15.6 Å². The molecule has 1 amide bonds. The minimum Gasteiger partial charge on any atom is -0.367 e. The molecule has 1 aromatic heterocycles. The van der Waals surface area contributed by atoms with E-state index in [1.807, 2.05) is 49.6 Å². The molecule has 19 heavy (non-hydrogen) atoms. The van der Waals surface area contributed by atoms with E-state index in [-0.39, 0.29) is 5.91 Å². The van der Waals surface area contributed by atoms with E-state index in [1.54, 1.807) is 0 Å². The zero-order valence-electron chi connectivity index (χ0n) is 11.1. The number of benzene rings is 1. The monoisotopic (exact) mass is 257 g/mol. The van der Waals surface area contributed by atoms with Crippen LogP contribution in [0.4, 0.5) is 0 Å². The maximum absolute atomic E-state index is 11.8. The van der Waals surface area contributed by atoms with E-state index in [2.05, 4.69) is 15.6 Å². The molecule has 0 aliphatic carbocycles. The van der Waals surface area contributed by atoms with Gasteiger partial charge in [-0.05, 0) is 30.7 Å². The summed E-state index contributed by atoms with van der Waals surface area (Å²) in [6, 6.07) is 9.60. The van der Waals surface area contributed by atoms with Crippen molar-refractivity contribution < 1.29 is 4.79 Å². The third kappa shape index (κ3) is 4.26. The Morgan fingerprint density at radius 3 is 2.63 bits per heavy atom. The number of carbonyl (C=O) groups is 1. The second-order valence-corrected chi connectivity index (χ2v) is 4.52. The van der Waals surface area contributed by atoms with E-state index in [0.717, 1.165) is 18.7 Å². The van der Waals surface area contributed by atoms with Crippen LogP contribution in [0.25, 0.3) is 0 Å². The van der Waals surface area contributed by atoms with E-state index < -0.39 is 0 Å². The first-order valence-corrected chi connectivity index (χ1v) is 6.43. The molecular formula is C15H19N3O. The highest BCUT2D eigenvalue weighted by Gasteiger charge is 2.03. The van der Waals surface area contributed by atoms with Crippen LogP contribution in [0.5, 0.6) is 0 Å². The second-order valence-electron chi connectivity index (χ2n) is 4.52.